The van der Waals surface area contributed by atoms with Gasteiger partial charge in [0, 0.05) is 11.8 Å². The zero-order valence-corrected chi connectivity index (χ0v) is 9.79. The smallest absolute Gasteiger partial charge is 0.326 e. The molecular weight excluding hydrogens is 216 g/mol. The number of aliphatic carboxylic acids is 1. The van der Waals surface area contributed by atoms with Crippen LogP contribution in [0.5, 0.6) is 0 Å². The Kier molecular flexibility index (Phi) is 2.95. The lowest BCUT2D eigenvalue weighted by atomic mass is 10.2. The average molecular weight is 230 g/mol. The Morgan fingerprint density at radius 1 is 1.35 bits per heavy atom. The van der Waals surface area contributed by atoms with E-state index in [1.807, 2.05) is 37.3 Å². The number of aromatic nitrogens is 2. The molecule has 0 bridgehead atoms. The number of aryl methyl sites for hydroxylation is 1. The number of carbonyl (C=O) groups is 1. The summed E-state index contributed by atoms with van der Waals surface area (Å²) in [5, 5.41) is 8.99. The van der Waals surface area contributed by atoms with Gasteiger partial charge < -0.3 is 9.67 Å². The lowest BCUT2D eigenvalue weighted by molar-refractivity contribution is -0.140. The molecule has 2 aromatic rings. The second-order valence-electron chi connectivity index (χ2n) is 3.96. The van der Waals surface area contributed by atoms with E-state index in [0.29, 0.717) is 5.82 Å². The summed E-state index contributed by atoms with van der Waals surface area (Å²) in [4.78, 5) is 15.3. The first-order valence-corrected chi connectivity index (χ1v) is 5.43. The highest BCUT2D eigenvalue weighted by Crippen LogP contribution is 2.20. The van der Waals surface area contributed by atoms with Crippen LogP contribution in [0, 0.1) is 6.92 Å². The molecule has 0 fully saturated rings. The molecule has 0 radical (unpaired) electrons. The minimum Gasteiger partial charge on any atom is -0.480 e. The van der Waals surface area contributed by atoms with Crippen LogP contribution in [0.15, 0.2) is 36.5 Å². The third kappa shape index (κ3) is 2.20. The van der Waals surface area contributed by atoms with Gasteiger partial charge in [-0.3, -0.25) is 0 Å². The van der Waals surface area contributed by atoms with Crippen LogP contribution in [0.2, 0.25) is 0 Å². The molecule has 0 spiro atoms. The summed E-state index contributed by atoms with van der Waals surface area (Å²) in [5.74, 6) is -0.149. The lowest BCUT2D eigenvalue weighted by Gasteiger charge is -2.08. The highest BCUT2D eigenvalue weighted by atomic mass is 16.4. The monoisotopic (exact) mass is 230 g/mol. The fourth-order valence-corrected chi connectivity index (χ4v) is 1.75. The van der Waals surface area contributed by atoms with Crippen molar-refractivity contribution in [3.63, 3.8) is 0 Å². The van der Waals surface area contributed by atoms with E-state index in [2.05, 4.69) is 4.98 Å². The van der Waals surface area contributed by atoms with Crippen molar-refractivity contribution in [3.8, 4) is 11.3 Å². The third-order valence-electron chi connectivity index (χ3n) is 2.76. The van der Waals surface area contributed by atoms with Gasteiger partial charge in [-0.05, 0) is 13.8 Å². The predicted molar refractivity (Wildman–Crippen MR) is 64.7 cm³/mol. The van der Waals surface area contributed by atoms with E-state index in [1.165, 1.54) is 0 Å². The minimum absolute atomic E-state index is 0.597. The zero-order chi connectivity index (χ0) is 12.4. The molecule has 1 aromatic heterocycles. The van der Waals surface area contributed by atoms with E-state index in [4.69, 9.17) is 5.11 Å². The SMILES string of the molecule is Cc1nc(-c2ccccc2)cn1C(C)C(=O)O. The Morgan fingerprint density at radius 3 is 2.59 bits per heavy atom. The van der Waals surface area contributed by atoms with Crippen molar-refractivity contribution in [2.45, 2.75) is 19.9 Å². The highest BCUT2D eigenvalue weighted by Gasteiger charge is 2.16. The number of hydrogen-bond donors (Lipinski definition) is 1. The van der Waals surface area contributed by atoms with Crippen LogP contribution < -0.4 is 0 Å². The van der Waals surface area contributed by atoms with Gasteiger partial charge in [0.15, 0.2) is 0 Å². The Labute approximate surface area is 99.5 Å². The van der Waals surface area contributed by atoms with Gasteiger partial charge in [0.25, 0.3) is 0 Å². The molecule has 0 amide bonds. The molecule has 0 aliphatic rings. The predicted octanol–water partition coefficient (Wildman–Crippen LogP) is 2.50. The van der Waals surface area contributed by atoms with Crippen molar-refractivity contribution in [1.29, 1.82) is 0 Å². The zero-order valence-electron chi connectivity index (χ0n) is 9.79. The first kappa shape index (κ1) is 11.4. The summed E-state index contributed by atoms with van der Waals surface area (Å²) in [5.41, 5.74) is 1.79. The van der Waals surface area contributed by atoms with Gasteiger partial charge in [0.05, 0.1) is 5.69 Å². The Balaban J connectivity index is 2.41. The molecule has 17 heavy (non-hydrogen) atoms. The molecule has 0 aliphatic carbocycles. The van der Waals surface area contributed by atoms with Crippen LogP contribution in [0.1, 0.15) is 18.8 Å². The molecule has 1 unspecified atom stereocenters. The Bertz CT molecular complexity index is 532. The molecule has 88 valence electrons. The first-order valence-electron chi connectivity index (χ1n) is 5.43. The van der Waals surface area contributed by atoms with Crippen LogP contribution in [0.4, 0.5) is 0 Å². The van der Waals surface area contributed by atoms with Crippen molar-refractivity contribution >= 4 is 5.97 Å². The molecular formula is C13H14N2O2. The van der Waals surface area contributed by atoms with E-state index < -0.39 is 12.0 Å². The Hall–Kier alpha value is -2.10. The maximum Gasteiger partial charge on any atom is 0.326 e. The van der Waals surface area contributed by atoms with Crippen LogP contribution >= 0.6 is 0 Å². The average Bonchev–Trinajstić information content (AvgIpc) is 2.71. The van der Waals surface area contributed by atoms with Crippen LogP contribution in [-0.2, 0) is 4.79 Å². The molecule has 0 saturated carbocycles. The number of benzene rings is 1. The van der Waals surface area contributed by atoms with Gasteiger partial charge in [-0.25, -0.2) is 9.78 Å². The van der Waals surface area contributed by atoms with Crippen LogP contribution in [0.25, 0.3) is 11.3 Å². The first-order chi connectivity index (χ1) is 8.09. The van der Waals surface area contributed by atoms with E-state index in [-0.39, 0.29) is 0 Å². The summed E-state index contributed by atoms with van der Waals surface area (Å²) in [6.45, 7) is 3.46. The second-order valence-corrected chi connectivity index (χ2v) is 3.96. The molecule has 0 aliphatic heterocycles. The molecule has 0 saturated heterocycles. The molecule has 2 rings (SSSR count). The van der Waals surface area contributed by atoms with Gasteiger partial charge in [0.2, 0.25) is 0 Å². The van der Waals surface area contributed by atoms with E-state index in [1.54, 1.807) is 17.7 Å². The van der Waals surface area contributed by atoms with Crippen molar-refractivity contribution in [2.75, 3.05) is 0 Å². The van der Waals surface area contributed by atoms with Gasteiger partial charge >= 0.3 is 5.97 Å². The summed E-state index contributed by atoms with van der Waals surface area (Å²) in [6, 6.07) is 9.12. The number of carboxylic acid groups (broad SMARTS) is 1. The summed E-state index contributed by atoms with van der Waals surface area (Å²) < 4.78 is 1.67. The third-order valence-corrected chi connectivity index (χ3v) is 2.76. The van der Waals surface area contributed by atoms with Gasteiger partial charge in [-0.2, -0.15) is 0 Å². The standard InChI is InChI=1S/C13H14N2O2/c1-9(13(16)17)15-8-12(14-10(15)2)11-6-4-3-5-7-11/h3-9H,1-2H3,(H,16,17). The molecule has 4 heteroatoms. The number of rotatable bonds is 3. The maximum absolute atomic E-state index is 10.9. The summed E-state index contributed by atoms with van der Waals surface area (Å²) in [6.07, 6.45) is 1.78. The quantitative estimate of drug-likeness (QED) is 0.881. The van der Waals surface area contributed by atoms with Crippen molar-refractivity contribution < 1.29 is 9.90 Å². The Morgan fingerprint density at radius 2 is 2.00 bits per heavy atom. The topological polar surface area (TPSA) is 55.1 Å². The second kappa shape index (κ2) is 4.41. The van der Waals surface area contributed by atoms with E-state index in [0.717, 1.165) is 11.3 Å². The minimum atomic E-state index is -0.856. The number of hydrogen-bond acceptors (Lipinski definition) is 2. The summed E-state index contributed by atoms with van der Waals surface area (Å²) in [7, 11) is 0. The largest absolute Gasteiger partial charge is 0.480 e. The summed E-state index contributed by atoms with van der Waals surface area (Å²) >= 11 is 0. The van der Waals surface area contributed by atoms with Gasteiger partial charge in [-0.1, -0.05) is 30.3 Å². The van der Waals surface area contributed by atoms with Crippen LogP contribution in [-0.4, -0.2) is 20.6 Å². The van der Waals surface area contributed by atoms with Crippen LogP contribution in [0.3, 0.4) is 0 Å². The maximum atomic E-state index is 10.9. The van der Waals surface area contributed by atoms with E-state index >= 15 is 0 Å². The van der Waals surface area contributed by atoms with E-state index in [9.17, 15) is 4.79 Å². The highest BCUT2D eigenvalue weighted by molar-refractivity contribution is 5.72. The van der Waals surface area contributed by atoms with Gasteiger partial charge in [0.1, 0.15) is 11.9 Å². The lowest BCUT2D eigenvalue weighted by Crippen LogP contribution is -2.15. The van der Waals surface area contributed by atoms with Crippen molar-refractivity contribution in [3.05, 3.63) is 42.4 Å². The number of nitrogens with zero attached hydrogens (tertiary/aromatic N) is 2. The fraction of sp³-hybridized carbons (Fsp3) is 0.231. The molecule has 1 aromatic carbocycles. The van der Waals surface area contributed by atoms with Gasteiger partial charge in [-0.15, -0.1) is 0 Å². The molecule has 4 nitrogen and oxygen atoms in total. The number of carboxylic acids is 1. The fourth-order valence-electron chi connectivity index (χ4n) is 1.75. The van der Waals surface area contributed by atoms with Crippen molar-refractivity contribution in [2.24, 2.45) is 0 Å². The molecule has 1 heterocycles. The normalized spacial score (nSPS) is 12.4. The molecule has 1 atom stereocenters. The molecule has 1 N–H and O–H groups in total. The number of imidazole rings is 1. The van der Waals surface area contributed by atoms with Crippen molar-refractivity contribution in [1.82, 2.24) is 9.55 Å².